The molecule has 196 valence electrons. The normalized spacial score (nSPS) is 16.2. The van der Waals surface area contributed by atoms with Crippen molar-refractivity contribution < 1.29 is 18.7 Å². The summed E-state index contributed by atoms with van der Waals surface area (Å²) < 4.78 is 24.8. The fourth-order valence-corrected chi connectivity index (χ4v) is 5.75. The summed E-state index contributed by atoms with van der Waals surface area (Å²) in [7, 11) is 1.33. The first kappa shape index (κ1) is 27.2. The number of halogens is 2. The van der Waals surface area contributed by atoms with Crippen molar-refractivity contribution in [1.82, 2.24) is 4.90 Å². The van der Waals surface area contributed by atoms with Crippen molar-refractivity contribution >= 4 is 18.4 Å². The number of esters is 1. The fraction of sp³-hybridized carbons (Fsp3) is 0.387. The molecule has 6 heteroatoms. The van der Waals surface area contributed by atoms with Crippen molar-refractivity contribution in [2.45, 2.75) is 57.1 Å². The van der Waals surface area contributed by atoms with E-state index in [2.05, 4.69) is 58.2 Å². The summed E-state index contributed by atoms with van der Waals surface area (Å²) in [5.41, 5.74) is 6.40. The number of nitrogens with zero attached hydrogens (tertiary/aromatic N) is 1. The molecule has 0 bridgehead atoms. The molecule has 1 spiro atoms. The zero-order valence-corrected chi connectivity index (χ0v) is 22.2. The van der Waals surface area contributed by atoms with Gasteiger partial charge in [0.2, 0.25) is 0 Å². The second kappa shape index (κ2) is 12.1. The maximum absolute atomic E-state index is 14.3. The summed E-state index contributed by atoms with van der Waals surface area (Å²) in [5.74, 6) is -0.229. The minimum Gasteiger partial charge on any atom is -0.489 e. The van der Waals surface area contributed by atoms with Gasteiger partial charge in [0, 0.05) is 19.0 Å². The Labute approximate surface area is 225 Å². The van der Waals surface area contributed by atoms with Crippen LogP contribution in [-0.4, -0.2) is 31.1 Å². The number of ether oxygens (including phenoxy) is 2. The highest BCUT2D eigenvalue weighted by Gasteiger charge is 2.40. The van der Waals surface area contributed by atoms with E-state index in [4.69, 9.17) is 4.74 Å². The predicted molar refractivity (Wildman–Crippen MR) is 146 cm³/mol. The lowest BCUT2D eigenvalue weighted by atomic mass is 9.74. The van der Waals surface area contributed by atoms with Crippen molar-refractivity contribution in [3.63, 3.8) is 0 Å². The van der Waals surface area contributed by atoms with Gasteiger partial charge < -0.3 is 9.47 Å². The van der Waals surface area contributed by atoms with Gasteiger partial charge in [-0.25, -0.2) is 4.39 Å². The van der Waals surface area contributed by atoms with E-state index >= 15 is 0 Å². The van der Waals surface area contributed by atoms with Crippen molar-refractivity contribution in [3.8, 4) is 5.75 Å². The van der Waals surface area contributed by atoms with Crippen LogP contribution in [0.4, 0.5) is 4.39 Å². The molecule has 37 heavy (non-hydrogen) atoms. The number of carbonyl (C=O) groups excluding carboxylic acids is 1. The van der Waals surface area contributed by atoms with Gasteiger partial charge in [0.15, 0.2) is 0 Å². The molecule has 0 amide bonds. The molecule has 1 aliphatic heterocycles. The van der Waals surface area contributed by atoms with Crippen LogP contribution < -0.4 is 4.74 Å². The Hall–Kier alpha value is -2.89. The van der Waals surface area contributed by atoms with Crippen LogP contribution in [0.5, 0.6) is 5.75 Å². The number of carbonyl (C=O) groups is 1. The largest absolute Gasteiger partial charge is 0.489 e. The van der Waals surface area contributed by atoms with Gasteiger partial charge in [-0.3, -0.25) is 9.69 Å². The molecule has 3 aromatic rings. The Kier molecular flexibility index (Phi) is 8.88. The van der Waals surface area contributed by atoms with Crippen LogP contribution in [0.25, 0.3) is 0 Å². The molecule has 3 aromatic carbocycles. The average Bonchev–Trinajstić information content (AvgIpc) is 3.27. The van der Waals surface area contributed by atoms with Gasteiger partial charge in [0.1, 0.15) is 18.2 Å². The first-order valence-corrected chi connectivity index (χ1v) is 12.9. The minimum absolute atomic E-state index is 0. The molecule has 0 unspecified atom stereocenters. The van der Waals surface area contributed by atoms with Crippen molar-refractivity contribution in [3.05, 3.63) is 100 Å². The highest BCUT2D eigenvalue weighted by Crippen LogP contribution is 2.46. The lowest BCUT2D eigenvalue weighted by Gasteiger charge is -2.40. The van der Waals surface area contributed by atoms with E-state index in [0.29, 0.717) is 29.8 Å². The van der Waals surface area contributed by atoms with Crippen LogP contribution in [0.3, 0.4) is 0 Å². The van der Waals surface area contributed by atoms with Crippen LogP contribution in [0, 0.1) is 5.82 Å². The first-order chi connectivity index (χ1) is 17.5. The molecule has 4 nitrogen and oxygen atoms in total. The summed E-state index contributed by atoms with van der Waals surface area (Å²) in [6.07, 6.45) is 5.49. The van der Waals surface area contributed by atoms with E-state index in [1.807, 2.05) is 0 Å². The van der Waals surface area contributed by atoms with Crippen LogP contribution in [-0.2, 0) is 40.9 Å². The number of likely N-dealkylation sites (tertiary alicyclic amines) is 1. The van der Waals surface area contributed by atoms with Crippen LogP contribution in [0.1, 0.15) is 53.5 Å². The number of hydrogen-bond donors (Lipinski definition) is 0. The molecule has 2 aliphatic rings. The number of hydrogen-bond acceptors (Lipinski definition) is 4. The molecule has 1 heterocycles. The number of rotatable bonds is 8. The van der Waals surface area contributed by atoms with Gasteiger partial charge >= 0.3 is 5.97 Å². The molecule has 0 saturated carbocycles. The number of benzene rings is 3. The SMILES string of the molecule is COC(=O)CCc1ccc(OCc2ccc(CN3CCC4(CCc5ccccc54)CC3)cc2)cc1F.Cl. The predicted octanol–water partition coefficient (Wildman–Crippen LogP) is 6.41. The highest BCUT2D eigenvalue weighted by atomic mass is 35.5. The first-order valence-electron chi connectivity index (χ1n) is 12.9. The van der Waals surface area contributed by atoms with Gasteiger partial charge in [-0.2, -0.15) is 0 Å². The van der Waals surface area contributed by atoms with E-state index < -0.39 is 0 Å². The van der Waals surface area contributed by atoms with Gasteiger partial charge in [0.25, 0.3) is 0 Å². The Morgan fingerprint density at radius 2 is 1.70 bits per heavy atom. The van der Waals surface area contributed by atoms with Crippen LogP contribution >= 0.6 is 12.4 Å². The van der Waals surface area contributed by atoms with Crippen molar-refractivity contribution in [1.29, 1.82) is 0 Å². The number of piperidine rings is 1. The number of methoxy groups -OCH3 is 1. The smallest absolute Gasteiger partial charge is 0.305 e. The molecule has 0 atom stereocenters. The lowest BCUT2D eigenvalue weighted by Crippen LogP contribution is -2.41. The summed E-state index contributed by atoms with van der Waals surface area (Å²) in [4.78, 5) is 13.9. The molecular formula is C31H35ClFNO3. The van der Waals surface area contributed by atoms with E-state index in [1.54, 1.807) is 23.3 Å². The van der Waals surface area contributed by atoms with Gasteiger partial charge in [-0.05, 0) is 84.5 Å². The van der Waals surface area contributed by atoms with Crippen LogP contribution in [0.15, 0.2) is 66.7 Å². The quantitative estimate of drug-likeness (QED) is 0.320. The van der Waals surface area contributed by atoms with Gasteiger partial charge in [-0.15, -0.1) is 12.4 Å². The molecule has 1 fully saturated rings. The molecule has 1 aliphatic carbocycles. The maximum Gasteiger partial charge on any atom is 0.305 e. The zero-order chi connectivity index (χ0) is 25.0. The van der Waals surface area contributed by atoms with Gasteiger partial charge in [0.05, 0.1) is 7.11 Å². The molecule has 0 N–H and O–H groups in total. The zero-order valence-electron chi connectivity index (χ0n) is 21.4. The Bertz CT molecular complexity index is 1210. The topological polar surface area (TPSA) is 38.8 Å². The van der Waals surface area contributed by atoms with Crippen molar-refractivity contribution in [2.24, 2.45) is 0 Å². The maximum atomic E-state index is 14.3. The van der Waals surface area contributed by atoms with Crippen LogP contribution in [0.2, 0.25) is 0 Å². The van der Waals surface area contributed by atoms with E-state index in [-0.39, 0.29) is 30.6 Å². The molecule has 0 aromatic heterocycles. The third-order valence-corrected chi connectivity index (χ3v) is 7.96. The summed E-state index contributed by atoms with van der Waals surface area (Å²) in [5, 5.41) is 0. The average molecular weight is 524 g/mol. The Morgan fingerprint density at radius 1 is 0.973 bits per heavy atom. The second-order valence-electron chi connectivity index (χ2n) is 10.1. The summed E-state index contributed by atoms with van der Waals surface area (Å²) in [6, 6.07) is 22.4. The molecule has 0 radical (unpaired) electrons. The monoisotopic (exact) mass is 523 g/mol. The molecule has 1 saturated heterocycles. The Balaban J connectivity index is 0.00000320. The summed E-state index contributed by atoms with van der Waals surface area (Å²) in [6.45, 7) is 3.63. The third-order valence-electron chi connectivity index (χ3n) is 7.96. The van der Waals surface area contributed by atoms with Crippen molar-refractivity contribution in [2.75, 3.05) is 20.2 Å². The number of fused-ring (bicyclic) bond motifs is 2. The molecular weight excluding hydrogens is 489 g/mol. The Morgan fingerprint density at radius 3 is 2.43 bits per heavy atom. The van der Waals surface area contributed by atoms with Gasteiger partial charge in [-0.1, -0.05) is 54.6 Å². The summed E-state index contributed by atoms with van der Waals surface area (Å²) >= 11 is 0. The fourth-order valence-electron chi connectivity index (χ4n) is 5.75. The standard InChI is InChI=1S/C31H34FNO3.ClH/c1-35-30(34)13-11-26-10-12-27(20-29(26)32)36-22-24-8-6-23(7-9-24)21-33-18-16-31(17-19-33)15-14-25-4-2-3-5-28(25)31;/h2-10,12,20H,11,13-19,21-22H2,1H3;1H. The molecule has 5 rings (SSSR count). The third kappa shape index (κ3) is 6.34. The second-order valence-corrected chi connectivity index (χ2v) is 10.1. The van der Waals surface area contributed by atoms with E-state index in [9.17, 15) is 9.18 Å². The highest BCUT2D eigenvalue weighted by molar-refractivity contribution is 5.85. The van der Waals surface area contributed by atoms with E-state index in [0.717, 1.165) is 25.2 Å². The van der Waals surface area contributed by atoms with E-state index in [1.165, 1.54) is 44.4 Å². The number of aryl methyl sites for hydroxylation is 2. The lowest BCUT2D eigenvalue weighted by molar-refractivity contribution is -0.140. The minimum atomic E-state index is -0.365.